The van der Waals surface area contributed by atoms with Crippen LogP contribution >= 0.6 is 0 Å². The monoisotopic (exact) mass is 222 g/mol. The van der Waals surface area contributed by atoms with E-state index in [1.807, 2.05) is 13.2 Å². The van der Waals surface area contributed by atoms with Gasteiger partial charge in [-0.05, 0) is 26.9 Å². The summed E-state index contributed by atoms with van der Waals surface area (Å²) in [5, 5.41) is 3.14. The number of hydrogen-bond acceptors (Lipinski definition) is 3. The molecule has 1 aromatic heterocycles. The number of likely N-dealkylation sites (N-methyl/N-ethyl adjacent to an activating group) is 1. The fourth-order valence-corrected chi connectivity index (χ4v) is 2.76. The minimum absolute atomic E-state index is 0.326. The lowest BCUT2D eigenvalue weighted by Crippen LogP contribution is -2.45. The largest absolute Gasteiger partial charge is 0.359 e. The summed E-state index contributed by atoms with van der Waals surface area (Å²) in [5.41, 5.74) is 0.326. The molecule has 0 unspecified atom stereocenters. The molecule has 4 heteroatoms. The zero-order valence-corrected chi connectivity index (χ0v) is 10.5. The SMILES string of the molecule is CNc1nccn1CC1(N(C)C)CCCC1. The maximum Gasteiger partial charge on any atom is 0.202 e. The number of nitrogens with one attached hydrogen (secondary N) is 1. The third kappa shape index (κ3) is 1.94. The third-order valence-corrected chi connectivity index (χ3v) is 3.89. The summed E-state index contributed by atoms with van der Waals surface area (Å²) in [5.74, 6) is 0.966. The molecule has 1 aromatic rings. The summed E-state index contributed by atoms with van der Waals surface area (Å²) in [6.45, 7) is 1.04. The van der Waals surface area contributed by atoms with Crippen molar-refractivity contribution in [1.29, 1.82) is 0 Å². The highest BCUT2D eigenvalue weighted by atomic mass is 15.2. The third-order valence-electron chi connectivity index (χ3n) is 3.89. The van der Waals surface area contributed by atoms with E-state index in [0.29, 0.717) is 5.54 Å². The summed E-state index contributed by atoms with van der Waals surface area (Å²) in [4.78, 5) is 6.69. The van der Waals surface area contributed by atoms with E-state index in [1.165, 1.54) is 25.7 Å². The van der Waals surface area contributed by atoms with Crippen LogP contribution in [0.3, 0.4) is 0 Å². The molecule has 0 saturated heterocycles. The van der Waals surface area contributed by atoms with Crippen LogP contribution in [0, 0.1) is 0 Å². The van der Waals surface area contributed by atoms with Crippen LogP contribution in [-0.4, -0.2) is 41.1 Å². The van der Waals surface area contributed by atoms with Gasteiger partial charge in [-0.3, -0.25) is 0 Å². The number of aromatic nitrogens is 2. The molecule has 0 spiro atoms. The fraction of sp³-hybridized carbons (Fsp3) is 0.750. The van der Waals surface area contributed by atoms with Crippen LogP contribution in [0.5, 0.6) is 0 Å². The molecule has 0 radical (unpaired) electrons. The number of rotatable bonds is 4. The first-order chi connectivity index (χ1) is 7.68. The average molecular weight is 222 g/mol. The second-order valence-corrected chi connectivity index (χ2v) is 4.95. The zero-order chi connectivity index (χ0) is 11.6. The Bertz CT molecular complexity index is 337. The van der Waals surface area contributed by atoms with Crippen LogP contribution in [0.2, 0.25) is 0 Å². The molecule has 1 aliphatic carbocycles. The quantitative estimate of drug-likeness (QED) is 0.843. The standard InChI is InChI=1S/C12H22N4/c1-13-11-14-8-9-16(11)10-12(15(2)3)6-4-5-7-12/h8-9H,4-7,10H2,1-3H3,(H,13,14). The predicted molar refractivity (Wildman–Crippen MR) is 66.7 cm³/mol. The number of nitrogens with zero attached hydrogens (tertiary/aromatic N) is 3. The molecular weight excluding hydrogens is 200 g/mol. The molecule has 1 N–H and O–H groups in total. The summed E-state index contributed by atoms with van der Waals surface area (Å²) in [7, 11) is 6.32. The second kappa shape index (κ2) is 4.45. The van der Waals surface area contributed by atoms with E-state index in [4.69, 9.17) is 0 Å². The Morgan fingerprint density at radius 2 is 2.12 bits per heavy atom. The number of hydrogen-bond donors (Lipinski definition) is 1. The van der Waals surface area contributed by atoms with E-state index in [9.17, 15) is 0 Å². The molecule has 0 atom stereocenters. The van der Waals surface area contributed by atoms with E-state index in [1.54, 1.807) is 0 Å². The van der Waals surface area contributed by atoms with Gasteiger partial charge in [-0.15, -0.1) is 0 Å². The molecule has 16 heavy (non-hydrogen) atoms. The Labute approximate surface area is 97.7 Å². The van der Waals surface area contributed by atoms with E-state index in [2.05, 4.69) is 40.1 Å². The first-order valence-electron chi connectivity index (χ1n) is 6.04. The van der Waals surface area contributed by atoms with Gasteiger partial charge in [-0.25, -0.2) is 4.98 Å². The van der Waals surface area contributed by atoms with E-state index >= 15 is 0 Å². The Balaban J connectivity index is 2.18. The van der Waals surface area contributed by atoms with Crippen LogP contribution in [0.1, 0.15) is 25.7 Å². The van der Waals surface area contributed by atoms with Gasteiger partial charge in [0.05, 0.1) is 0 Å². The van der Waals surface area contributed by atoms with Crippen LogP contribution in [-0.2, 0) is 6.54 Å². The Kier molecular flexibility index (Phi) is 3.19. The van der Waals surface area contributed by atoms with Crippen LogP contribution in [0.4, 0.5) is 5.95 Å². The molecule has 0 bridgehead atoms. The van der Waals surface area contributed by atoms with Crippen molar-refractivity contribution in [2.24, 2.45) is 0 Å². The second-order valence-electron chi connectivity index (χ2n) is 4.95. The molecule has 90 valence electrons. The van der Waals surface area contributed by atoms with Gasteiger partial charge in [0.15, 0.2) is 0 Å². The van der Waals surface area contributed by atoms with Crippen molar-refractivity contribution in [2.75, 3.05) is 26.5 Å². The Morgan fingerprint density at radius 3 is 2.69 bits per heavy atom. The maximum absolute atomic E-state index is 4.30. The molecule has 1 fully saturated rings. The number of anilines is 1. The Hall–Kier alpha value is -1.03. The summed E-state index contributed by atoms with van der Waals surface area (Å²) >= 11 is 0. The lowest BCUT2D eigenvalue weighted by atomic mass is 9.96. The molecule has 4 nitrogen and oxygen atoms in total. The smallest absolute Gasteiger partial charge is 0.202 e. The number of imidazole rings is 1. The molecule has 2 rings (SSSR count). The highest BCUT2D eigenvalue weighted by molar-refractivity contribution is 5.24. The average Bonchev–Trinajstić information content (AvgIpc) is 2.88. The molecule has 1 aliphatic rings. The van der Waals surface area contributed by atoms with Gasteiger partial charge in [-0.1, -0.05) is 12.8 Å². The minimum atomic E-state index is 0.326. The van der Waals surface area contributed by atoms with Crippen LogP contribution in [0.15, 0.2) is 12.4 Å². The van der Waals surface area contributed by atoms with Crippen molar-refractivity contribution in [3.05, 3.63) is 12.4 Å². The van der Waals surface area contributed by atoms with Crippen molar-refractivity contribution >= 4 is 5.95 Å². The van der Waals surface area contributed by atoms with E-state index < -0.39 is 0 Å². The molecule has 0 aromatic carbocycles. The lowest BCUT2D eigenvalue weighted by molar-refractivity contribution is 0.134. The van der Waals surface area contributed by atoms with Gasteiger partial charge in [0.25, 0.3) is 0 Å². The highest BCUT2D eigenvalue weighted by Gasteiger charge is 2.36. The van der Waals surface area contributed by atoms with Crippen molar-refractivity contribution in [2.45, 2.75) is 37.8 Å². The summed E-state index contributed by atoms with van der Waals surface area (Å²) in [6, 6.07) is 0. The predicted octanol–water partition coefficient (Wildman–Crippen LogP) is 1.80. The van der Waals surface area contributed by atoms with Crippen molar-refractivity contribution in [1.82, 2.24) is 14.5 Å². The molecular formula is C12H22N4. The summed E-state index contributed by atoms with van der Waals surface area (Å²) in [6.07, 6.45) is 9.21. The van der Waals surface area contributed by atoms with Gasteiger partial charge >= 0.3 is 0 Å². The van der Waals surface area contributed by atoms with Gasteiger partial charge in [0, 0.05) is 31.5 Å². The van der Waals surface area contributed by atoms with Crippen molar-refractivity contribution < 1.29 is 0 Å². The fourth-order valence-electron chi connectivity index (χ4n) is 2.76. The molecule has 0 amide bonds. The van der Waals surface area contributed by atoms with E-state index in [0.717, 1.165) is 12.5 Å². The van der Waals surface area contributed by atoms with Gasteiger partial charge in [0.1, 0.15) is 0 Å². The molecule has 1 heterocycles. The first-order valence-corrected chi connectivity index (χ1v) is 6.04. The highest BCUT2D eigenvalue weighted by Crippen LogP contribution is 2.35. The summed E-state index contributed by atoms with van der Waals surface area (Å²) < 4.78 is 2.23. The maximum atomic E-state index is 4.30. The van der Waals surface area contributed by atoms with Crippen LogP contribution in [0.25, 0.3) is 0 Å². The van der Waals surface area contributed by atoms with Crippen molar-refractivity contribution in [3.63, 3.8) is 0 Å². The lowest BCUT2D eigenvalue weighted by Gasteiger charge is -2.37. The topological polar surface area (TPSA) is 33.1 Å². The molecule has 1 saturated carbocycles. The Morgan fingerprint density at radius 1 is 1.44 bits per heavy atom. The van der Waals surface area contributed by atoms with Gasteiger partial charge < -0.3 is 14.8 Å². The normalized spacial score (nSPS) is 19.2. The minimum Gasteiger partial charge on any atom is -0.359 e. The van der Waals surface area contributed by atoms with E-state index in [-0.39, 0.29) is 0 Å². The van der Waals surface area contributed by atoms with Gasteiger partial charge in [0.2, 0.25) is 5.95 Å². The van der Waals surface area contributed by atoms with Crippen LogP contribution < -0.4 is 5.32 Å². The zero-order valence-electron chi connectivity index (χ0n) is 10.5. The molecule has 0 aliphatic heterocycles. The van der Waals surface area contributed by atoms with Gasteiger partial charge in [-0.2, -0.15) is 0 Å². The van der Waals surface area contributed by atoms with Crippen molar-refractivity contribution in [3.8, 4) is 0 Å². The first kappa shape index (κ1) is 11.5.